The molecule has 2 N–H and O–H groups in total. The van der Waals surface area contributed by atoms with Crippen LogP contribution in [0.3, 0.4) is 0 Å². The van der Waals surface area contributed by atoms with Gasteiger partial charge in [0.25, 0.3) is 0 Å². The molecule has 2 atom stereocenters. The smallest absolute Gasteiger partial charge is 0.129 e. The molecule has 2 unspecified atom stereocenters. The second-order valence-corrected chi connectivity index (χ2v) is 7.23. The number of halogens is 2. The quantitative estimate of drug-likeness (QED) is 0.824. The van der Waals surface area contributed by atoms with Crippen molar-refractivity contribution in [3.63, 3.8) is 0 Å². The van der Waals surface area contributed by atoms with Crippen LogP contribution in [0.2, 0.25) is 0 Å². The second kappa shape index (κ2) is 3.57. The number of rotatable bonds is 1. The third kappa shape index (κ3) is 1.67. The predicted molar refractivity (Wildman–Crippen MR) is 69.6 cm³/mol. The normalized spacial score (nSPS) is 43.7. The van der Waals surface area contributed by atoms with Gasteiger partial charge in [-0.2, -0.15) is 0 Å². The van der Waals surface area contributed by atoms with Crippen LogP contribution < -0.4 is 5.73 Å². The number of hydrogen-bond acceptors (Lipinski definition) is 1. The van der Waals surface area contributed by atoms with Gasteiger partial charge >= 0.3 is 0 Å². The Bertz CT molecular complexity index is 526. The van der Waals surface area contributed by atoms with Crippen LogP contribution >= 0.6 is 0 Å². The summed E-state index contributed by atoms with van der Waals surface area (Å²) >= 11 is 0. The Morgan fingerprint density at radius 1 is 1.05 bits per heavy atom. The fraction of sp³-hybridized carbons (Fsp3) is 0.625. The molecule has 0 aliphatic heterocycles. The van der Waals surface area contributed by atoms with E-state index in [9.17, 15) is 8.78 Å². The highest BCUT2D eigenvalue weighted by Gasteiger charge is 2.57. The maximum Gasteiger partial charge on any atom is 0.129 e. The van der Waals surface area contributed by atoms with Crippen molar-refractivity contribution in [2.75, 3.05) is 0 Å². The van der Waals surface area contributed by atoms with Crippen LogP contribution in [0.4, 0.5) is 8.78 Å². The molecule has 0 spiro atoms. The van der Waals surface area contributed by atoms with E-state index in [4.69, 9.17) is 5.73 Å². The highest BCUT2D eigenvalue weighted by atomic mass is 19.1. The molecular weight excluding hydrogens is 244 g/mol. The van der Waals surface area contributed by atoms with Crippen LogP contribution in [0.5, 0.6) is 0 Å². The minimum absolute atomic E-state index is 0.106. The highest BCUT2D eigenvalue weighted by Crippen LogP contribution is 2.61. The lowest BCUT2D eigenvalue weighted by atomic mass is 9.45. The molecule has 4 bridgehead atoms. The van der Waals surface area contributed by atoms with Crippen molar-refractivity contribution in [3.8, 4) is 0 Å². The van der Waals surface area contributed by atoms with E-state index >= 15 is 0 Å². The van der Waals surface area contributed by atoms with E-state index in [-0.39, 0.29) is 16.8 Å². The van der Waals surface area contributed by atoms with Crippen LogP contribution in [-0.2, 0) is 5.41 Å². The average molecular weight is 263 g/mol. The standard InChI is InChI=1S/C16H19F2N/c17-12-1-2-13(14(18)4-12)15-5-10-3-11(6-15)8-16(19,7-10)9-15/h1-2,4,10-11H,3,5-9,19H2. The summed E-state index contributed by atoms with van der Waals surface area (Å²) in [7, 11) is 0. The molecule has 0 radical (unpaired) electrons. The van der Waals surface area contributed by atoms with Crippen molar-refractivity contribution >= 4 is 0 Å². The van der Waals surface area contributed by atoms with Crippen LogP contribution in [0.1, 0.15) is 44.1 Å². The van der Waals surface area contributed by atoms with E-state index in [0.29, 0.717) is 17.4 Å². The molecule has 4 aliphatic rings. The van der Waals surface area contributed by atoms with E-state index in [1.807, 2.05) is 0 Å². The zero-order valence-corrected chi connectivity index (χ0v) is 11.0. The summed E-state index contributed by atoms with van der Waals surface area (Å²) in [6.45, 7) is 0. The molecule has 4 fully saturated rings. The van der Waals surface area contributed by atoms with Crippen molar-refractivity contribution in [3.05, 3.63) is 35.4 Å². The predicted octanol–water partition coefficient (Wildman–Crippen LogP) is 3.51. The summed E-state index contributed by atoms with van der Waals surface area (Å²) in [4.78, 5) is 0. The zero-order valence-electron chi connectivity index (χ0n) is 11.0. The van der Waals surface area contributed by atoms with E-state index in [0.717, 1.165) is 38.2 Å². The molecule has 4 saturated carbocycles. The summed E-state index contributed by atoms with van der Waals surface area (Å²) in [5, 5.41) is 0. The fourth-order valence-electron chi connectivity index (χ4n) is 5.57. The van der Waals surface area contributed by atoms with Crippen LogP contribution in [-0.4, -0.2) is 5.54 Å². The summed E-state index contributed by atoms with van der Waals surface area (Å²) in [6.07, 6.45) is 6.37. The third-order valence-corrected chi connectivity index (χ3v) is 5.61. The Hall–Kier alpha value is -0.960. The topological polar surface area (TPSA) is 26.0 Å². The maximum absolute atomic E-state index is 14.2. The van der Waals surface area contributed by atoms with Gasteiger partial charge in [-0.1, -0.05) is 6.07 Å². The van der Waals surface area contributed by atoms with Crippen molar-refractivity contribution in [1.29, 1.82) is 0 Å². The molecule has 1 nitrogen and oxygen atoms in total. The fourth-order valence-corrected chi connectivity index (χ4v) is 5.57. The average Bonchev–Trinajstić information content (AvgIpc) is 2.24. The van der Waals surface area contributed by atoms with Crippen LogP contribution in [0.15, 0.2) is 18.2 Å². The largest absolute Gasteiger partial charge is 0.325 e. The summed E-state index contributed by atoms with van der Waals surface area (Å²) in [6, 6.07) is 4.07. The van der Waals surface area contributed by atoms with E-state index < -0.39 is 5.82 Å². The minimum atomic E-state index is -0.492. The van der Waals surface area contributed by atoms with E-state index in [1.165, 1.54) is 12.5 Å². The Labute approximate surface area is 112 Å². The number of hydrogen-bond donors (Lipinski definition) is 1. The third-order valence-electron chi connectivity index (χ3n) is 5.61. The highest BCUT2D eigenvalue weighted by molar-refractivity contribution is 5.33. The van der Waals surface area contributed by atoms with Crippen LogP contribution in [0, 0.1) is 23.5 Å². The Balaban J connectivity index is 1.81. The van der Waals surface area contributed by atoms with Gasteiger partial charge in [-0.05, 0) is 62.0 Å². The summed E-state index contributed by atoms with van der Waals surface area (Å²) < 4.78 is 27.3. The molecule has 1 aromatic rings. The lowest BCUT2D eigenvalue weighted by molar-refractivity contribution is -0.0241. The lowest BCUT2D eigenvalue weighted by Crippen LogP contribution is -2.61. The van der Waals surface area contributed by atoms with Crippen molar-refractivity contribution in [2.45, 2.75) is 49.5 Å². The summed E-state index contributed by atoms with van der Waals surface area (Å²) in [5.41, 5.74) is 7.00. The molecule has 0 amide bonds. The van der Waals surface area contributed by atoms with Gasteiger partial charge in [-0.3, -0.25) is 0 Å². The van der Waals surface area contributed by atoms with Gasteiger partial charge in [0.1, 0.15) is 11.6 Å². The van der Waals surface area contributed by atoms with Crippen molar-refractivity contribution < 1.29 is 8.78 Å². The zero-order chi connectivity index (χ0) is 13.3. The molecule has 0 saturated heterocycles. The van der Waals surface area contributed by atoms with Gasteiger partial charge in [0.2, 0.25) is 0 Å². The molecule has 0 aromatic heterocycles. The Morgan fingerprint density at radius 3 is 2.32 bits per heavy atom. The second-order valence-electron chi connectivity index (χ2n) is 7.23. The minimum Gasteiger partial charge on any atom is -0.325 e. The van der Waals surface area contributed by atoms with Gasteiger partial charge in [0, 0.05) is 17.0 Å². The number of nitrogens with two attached hydrogens (primary N) is 1. The molecule has 0 heterocycles. The number of benzene rings is 1. The molecule has 5 rings (SSSR count). The van der Waals surface area contributed by atoms with Gasteiger partial charge in [0.15, 0.2) is 0 Å². The molecule has 1 aromatic carbocycles. The van der Waals surface area contributed by atoms with Crippen molar-refractivity contribution in [1.82, 2.24) is 0 Å². The Kier molecular flexibility index (Phi) is 2.22. The molecule has 4 aliphatic carbocycles. The van der Waals surface area contributed by atoms with Gasteiger partial charge in [0.05, 0.1) is 0 Å². The SMILES string of the molecule is NC12CC3CC(C1)CC(c1ccc(F)cc1F)(C3)C2. The van der Waals surface area contributed by atoms with E-state index in [2.05, 4.69) is 0 Å². The van der Waals surface area contributed by atoms with Crippen LogP contribution in [0.25, 0.3) is 0 Å². The molecule has 102 valence electrons. The van der Waals surface area contributed by atoms with Gasteiger partial charge in [-0.15, -0.1) is 0 Å². The van der Waals surface area contributed by atoms with Gasteiger partial charge < -0.3 is 5.73 Å². The van der Waals surface area contributed by atoms with E-state index in [1.54, 1.807) is 6.07 Å². The molecule has 19 heavy (non-hydrogen) atoms. The first-order chi connectivity index (χ1) is 8.98. The maximum atomic E-state index is 14.2. The summed E-state index contributed by atoms with van der Waals surface area (Å²) in [5.74, 6) is 0.394. The lowest BCUT2D eigenvalue weighted by Gasteiger charge is -2.61. The monoisotopic (exact) mass is 263 g/mol. The van der Waals surface area contributed by atoms with Crippen molar-refractivity contribution in [2.24, 2.45) is 17.6 Å². The Morgan fingerprint density at radius 2 is 1.74 bits per heavy atom. The van der Waals surface area contributed by atoms with Gasteiger partial charge in [-0.25, -0.2) is 8.78 Å². The first kappa shape index (κ1) is 11.8. The molecular formula is C16H19F2N. The molecule has 3 heteroatoms. The first-order valence-corrected chi connectivity index (χ1v) is 7.23. The first-order valence-electron chi connectivity index (χ1n) is 7.23.